The van der Waals surface area contributed by atoms with E-state index < -0.39 is 0 Å². The average molecular weight is 403 g/mol. The summed E-state index contributed by atoms with van der Waals surface area (Å²) >= 11 is 1.53. The minimum Gasteiger partial charge on any atom is -0.338 e. The van der Waals surface area contributed by atoms with Gasteiger partial charge in [0, 0.05) is 19.6 Å². The smallest absolute Gasteiger partial charge is 0.263 e. The van der Waals surface area contributed by atoms with Gasteiger partial charge in [0.25, 0.3) is 5.91 Å². The SMILES string of the molecule is NCc1cccc(C2CCN(C(=O)c3cc(C=Cc4ccccc4)cs3)CC2)c1. The number of carbonyl (C=O) groups is 1. The number of nitrogens with zero attached hydrogens (tertiary/aromatic N) is 1. The van der Waals surface area contributed by atoms with Gasteiger partial charge in [-0.2, -0.15) is 0 Å². The number of piperidine rings is 1. The molecule has 1 amide bonds. The zero-order chi connectivity index (χ0) is 20.1. The Morgan fingerprint density at radius 2 is 1.76 bits per heavy atom. The normalized spacial score (nSPS) is 15.1. The predicted molar refractivity (Wildman–Crippen MR) is 122 cm³/mol. The minimum absolute atomic E-state index is 0.156. The van der Waals surface area contributed by atoms with Gasteiger partial charge in [0.1, 0.15) is 0 Å². The van der Waals surface area contributed by atoms with E-state index >= 15 is 0 Å². The number of carbonyl (C=O) groups excluding carboxylic acids is 1. The minimum atomic E-state index is 0.156. The lowest BCUT2D eigenvalue weighted by atomic mass is 9.88. The highest BCUT2D eigenvalue weighted by Crippen LogP contribution is 2.30. The number of likely N-dealkylation sites (tertiary alicyclic amines) is 1. The molecule has 2 heterocycles. The van der Waals surface area contributed by atoms with Gasteiger partial charge in [-0.25, -0.2) is 0 Å². The Kier molecular flexibility index (Phi) is 6.23. The van der Waals surface area contributed by atoms with Crippen LogP contribution in [0.25, 0.3) is 12.2 Å². The first-order chi connectivity index (χ1) is 14.2. The van der Waals surface area contributed by atoms with Gasteiger partial charge in [-0.05, 0) is 52.5 Å². The third-order valence-electron chi connectivity index (χ3n) is 5.54. The average Bonchev–Trinajstić information content (AvgIpc) is 3.27. The van der Waals surface area contributed by atoms with Crippen molar-refractivity contribution in [1.29, 1.82) is 0 Å². The van der Waals surface area contributed by atoms with Gasteiger partial charge in [0.2, 0.25) is 0 Å². The van der Waals surface area contributed by atoms with Crippen LogP contribution < -0.4 is 5.73 Å². The van der Waals surface area contributed by atoms with Gasteiger partial charge in [0.15, 0.2) is 0 Å². The van der Waals surface area contributed by atoms with Gasteiger partial charge >= 0.3 is 0 Å². The van der Waals surface area contributed by atoms with Crippen LogP contribution in [0.4, 0.5) is 0 Å². The van der Waals surface area contributed by atoms with Gasteiger partial charge in [0.05, 0.1) is 4.88 Å². The van der Waals surface area contributed by atoms with Crippen molar-refractivity contribution in [2.75, 3.05) is 13.1 Å². The summed E-state index contributed by atoms with van der Waals surface area (Å²) in [5, 5.41) is 2.05. The van der Waals surface area contributed by atoms with Crippen molar-refractivity contribution < 1.29 is 4.79 Å². The lowest BCUT2D eigenvalue weighted by Gasteiger charge is -2.32. The summed E-state index contributed by atoms with van der Waals surface area (Å²) in [4.78, 5) is 15.7. The van der Waals surface area contributed by atoms with Crippen LogP contribution in [0.2, 0.25) is 0 Å². The van der Waals surface area contributed by atoms with Crippen LogP contribution in [0.5, 0.6) is 0 Å². The van der Waals surface area contributed by atoms with Crippen molar-refractivity contribution in [2.24, 2.45) is 5.73 Å². The van der Waals surface area contributed by atoms with Crippen molar-refractivity contribution in [1.82, 2.24) is 4.90 Å². The van der Waals surface area contributed by atoms with Crippen molar-refractivity contribution in [3.63, 3.8) is 0 Å². The number of rotatable bonds is 5. The summed E-state index contributed by atoms with van der Waals surface area (Å²) in [6, 6.07) is 20.8. The van der Waals surface area contributed by atoms with Crippen molar-refractivity contribution in [3.8, 4) is 0 Å². The van der Waals surface area contributed by atoms with Crippen LogP contribution in [-0.2, 0) is 6.54 Å². The molecule has 148 valence electrons. The van der Waals surface area contributed by atoms with E-state index in [2.05, 4.69) is 53.9 Å². The largest absolute Gasteiger partial charge is 0.338 e. The summed E-state index contributed by atoms with van der Waals surface area (Å²) in [5.74, 6) is 0.668. The van der Waals surface area contributed by atoms with E-state index in [1.165, 1.54) is 22.5 Å². The molecule has 0 bridgehead atoms. The Labute approximate surface area is 176 Å². The maximum Gasteiger partial charge on any atom is 0.263 e. The van der Waals surface area contributed by atoms with Crippen LogP contribution in [0.15, 0.2) is 66.0 Å². The number of benzene rings is 2. The zero-order valence-corrected chi connectivity index (χ0v) is 17.3. The van der Waals surface area contributed by atoms with Crippen LogP contribution in [0.3, 0.4) is 0 Å². The Morgan fingerprint density at radius 1 is 1.00 bits per heavy atom. The second-order valence-electron chi connectivity index (χ2n) is 7.50. The molecule has 3 aromatic rings. The fourth-order valence-electron chi connectivity index (χ4n) is 3.85. The third-order valence-corrected chi connectivity index (χ3v) is 6.48. The maximum absolute atomic E-state index is 12.9. The second-order valence-corrected chi connectivity index (χ2v) is 8.42. The molecule has 29 heavy (non-hydrogen) atoms. The summed E-state index contributed by atoms with van der Waals surface area (Å²) in [6.07, 6.45) is 6.16. The summed E-state index contributed by atoms with van der Waals surface area (Å²) in [7, 11) is 0. The predicted octanol–water partition coefficient (Wildman–Crippen LogP) is 5.40. The Hall–Kier alpha value is -2.69. The van der Waals surface area contributed by atoms with E-state index in [-0.39, 0.29) is 5.91 Å². The zero-order valence-electron chi connectivity index (χ0n) is 16.5. The van der Waals surface area contributed by atoms with E-state index in [1.807, 2.05) is 29.2 Å². The molecule has 1 aliphatic rings. The van der Waals surface area contributed by atoms with Crippen molar-refractivity contribution >= 4 is 29.4 Å². The maximum atomic E-state index is 12.9. The molecule has 0 aliphatic carbocycles. The first kappa shape index (κ1) is 19.6. The first-order valence-electron chi connectivity index (χ1n) is 10.1. The molecule has 0 saturated carbocycles. The van der Waals surface area contributed by atoms with Crippen molar-refractivity contribution in [2.45, 2.75) is 25.3 Å². The lowest BCUT2D eigenvalue weighted by Crippen LogP contribution is -2.37. The molecule has 4 rings (SSSR count). The molecule has 1 aromatic heterocycles. The van der Waals surface area contributed by atoms with E-state index in [0.29, 0.717) is 12.5 Å². The number of hydrogen-bond acceptors (Lipinski definition) is 3. The Morgan fingerprint density at radius 3 is 2.52 bits per heavy atom. The molecular weight excluding hydrogens is 376 g/mol. The van der Waals surface area contributed by atoms with Gasteiger partial charge in [-0.1, -0.05) is 66.7 Å². The Bertz CT molecular complexity index is 985. The lowest BCUT2D eigenvalue weighted by molar-refractivity contribution is 0.0718. The standard InChI is InChI=1S/C25H26N2OS/c26-17-20-7-4-8-23(15-20)22-11-13-27(14-12-22)25(28)24-16-21(18-29-24)10-9-19-5-2-1-3-6-19/h1-10,15-16,18,22H,11-14,17,26H2. The molecular formula is C25H26N2OS. The van der Waals surface area contributed by atoms with E-state index in [0.717, 1.165) is 41.9 Å². The molecule has 2 aromatic carbocycles. The monoisotopic (exact) mass is 402 g/mol. The second kappa shape index (κ2) is 9.21. The molecule has 1 fully saturated rings. The van der Waals surface area contributed by atoms with E-state index in [4.69, 9.17) is 5.73 Å². The van der Waals surface area contributed by atoms with Crippen LogP contribution in [0, 0.1) is 0 Å². The molecule has 1 saturated heterocycles. The van der Waals surface area contributed by atoms with E-state index in [9.17, 15) is 4.79 Å². The van der Waals surface area contributed by atoms with Gasteiger partial charge in [-0.3, -0.25) is 4.79 Å². The summed E-state index contributed by atoms with van der Waals surface area (Å²) in [5.41, 5.74) is 10.5. The quantitative estimate of drug-likeness (QED) is 0.621. The van der Waals surface area contributed by atoms with Crippen molar-refractivity contribution in [3.05, 3.63) is 93.2 Å². The molecule has 0 unspecified atom stereocenters. The number of thiophene rings is 1. The van der Waals surface area contributed by atoms with Crippen LogP contribution in [-0.4, -0.2) is 23.9 Å². The third kappa shape index (κ3) is 4.84. The topological polar surface area (TPSA) is 46.3 Å². The number of hydrogen-bond donors (Lipinski definition) is 1. The van der Waals surface area contributed by atoms with Gasteiger partial charge < -0.3 is 10.6 Å². The molecule has 4 heteroatoms. The fourth-order valence-corrected chi connectivity index (χ4v) is 4.70. The van der Waals surface area contributed by atoms with Crippen LogP contribution >= 0.6 is 11.3 Å². The molecule has 0 atom stereocenters. The highest BCUT2D eigenvalue weighted by molar-refractivity contribution is 7.12. The highest BCUT2D eigenvalue weighted by atomic mass is 32.1. The molecule has 2 N–H and O–H groups in total. The molecule has 1 aliphatic heterocycles. The number of amides is 1. The van der Waals surface area contributed by atoms with Crippen LogP contribution in [0.1, 0.15) is 50.7 Å². The highest BCUT2D eigenvalue weighted by Gasteiger charge is 2.25. The fraction of sp³-hybridized carbons (Fsp3) is 0.240. The van der Waals surface area contributed by atoms with E-state index in [1.54, 1.807) is 0 Å². The molecule has 0 spiro atoms. The Balaban J connectivity index is 1.36. The summed E-state index contributed by atoms with van der Waals surface area (Å²) < 4.78 is 0. The molecule has 3 nitrogen and oxygen atoms in total. The summed E-state index contributed by atoms with van der Waals surface area (Å²) in [6.45, 7) is 2.19. The van der Waals surface area contributed by atoms with Gasteiger partial charge in [-0.15, -0.1) is 11.3 Å². The first-order valence-corrected chi connectivity index (χ1v) is 11.0. The number of nitrogens with two attached hydrogens (primary N) is 1. The molecule has 0 radical (unpaired) electrons.